The zero-order chi connectivity index (χ0) is 19.0. The van der Waals surface area contributed by atoms with Gasteiger partial charge in [-0.1, -0.05) is 0 Å². The minimum absolute atomic E-state index is 0. The summed E-state index contributed by atoms with van der Waals surface area (Å²) in [6, 6.07) is 11.1. The van der Waals surface area contributed by atoms with Crippen molar-refractivity contribution in [3.63, 3.8) is 0 Å². The number of halogens is 1. The Balaban J connectivity index is 0.00000364. The summed E-state index contributed by atoms with van der Waals surface area (Å²) in [6.07, 6.45) is 0.850. The summed E-state index contributed by atoms with van der Waals surface area (Å²) < 4.78 is 29.9. The Morgan fingerprint density at radius 2 is 1.70 bits per heavy atom. The van der Waals surface area contributed by atoms with Crippen LogP contribution in [0.2, 0.25) is 0 Å². The van der Waals surface area contributed by atoms with Gasteiger partial charge in [0.15, 0.2) is 0 Å². The fraction of sp³-hybridized carbons (Fsp3) is 0.444. The molecule has 0 unspecified atom stereocenters. The maximum absolute atomic E-state index is 12.5. The van der Waals surface area contributed by atoms with Crippen molar-refractivity contribution >= 4 is 24.6 Å². The molecule has 0 aliphatic rings. The van der Waals surface area contributed by atoms with Crippen molar-refractivity contribution in [3.05, 3.63) is 41.9 Å². The molecule has 0 saturated heterocycles. The number of methoxy groups -OCH3 is 1. The van der Waals surface area contributed by atoms with Gasteiger partial charge < -0.3 is 13.8 Å². The lowest BCUT2D eigenvalue weighted by Gasteiger charge is -2.17. The van der Waals surface area contributed by atoms with Crippen LogP contribution in [-0.4, -0.2) is 36.3 Å². The Kier molecular flexibility index (Phi) is 9.94. The van der Waals surface area contributed by atoms with Gasteiger partial charge in [0, 0.05) is 12.1 Å². The number of aryl methyl sites for hydroxylation is 1. The first-order chi connectivity index (χ1) is 12.5. The van der Waals surface area contributed by atoms with Gasteiger partial charge in [0.25, 0.3) is 0 Å². The molecular weight excluding hydrogens is 433 g/mol. The lowest BCUT2D eigenvalue weighted by molar-refractivity contribution is 0.219. The highest BCUT2D eigenvalue weighted by atomic mass is 79.9. The Labute approximate surface area is 170 Å². The topological polar surface area (TPSA) is 86.4 Å². The van der Waals surface area contributed by atoms with Gasteiger partial charge in [0.2, 0.25) is 0 Å². The minimum Gasteiger partial charge on any atom is -0.497 e. The van der Waals surface area contributed by atoms with Crippen molar-refractivity contribution < 1.29 is 18.3 Å². The summed E-state index contributed by atoms with van der Waals surface area (Å²) in [6.45, 7) is 4.75. The molecule has 0 spiro atoms. The molecule has 7 nitrogen and oxygen atoms in total. The molecule has 0 saturated carbocycles. The molecule has 0 bridgehead atoms. The molecule has 2 aromatic rings. The Morgan fingerprint density at radius 1 is 1.07 bits per heavy atom. The summed E-state index contributed by atoms with van der Waals surface area (Å²) in [7, 11) is -1.44. The van der Waals surface area contributed by atoms with Crippen LogP contribution in [0.25, 0.3) is 11.3 Å². The van der Waals surface area contributed by atoms with Crippen LogP contribution in [0.1, 0.15) is 20.3 Å². The van der Waals surface area contributed by atoms with Crippen molar-refractivity contribution in [3.8, 4) is 17.0 Å². The Bertz CT molecular complexity index is 801. The zero-order valence-electron chi connectivity index (χ0n) is 15.9. The molecule has 0 aliphatic carbocycles. The zero-order valence-corrected chi connectivity index (χ0v) is 18.5. The lowest BCUT2D eigenvalue weighted by Crippen LogP contribution is -2.23. The second-order valence-corrected chi connectivity index (χ2v) is 7.76. The van der Waals surface area contributed by atoms with E-state index in [-0.39, 0.29) is 17.0 Å². The first-order valence-corrected chi connectivity index (χ1v) is 10.4. The molecule has 0 aliphatic heterocycles. The second kappa shape index (κ2) is 11.4. The Morgan fingerprint density at radius 3 is 2.26 bits per heavy atom. The summed E-state index contributed by atoms with van der Waals surface area (Å²) in [5, 5.41) is 12.6. The van der Waals surface area contributed by atoms with E-state index >= 15 is 0 Å². The molecule has 1 heterocycles. The molecular formula is C18H27BrN3O4P. The minimum atomic E-state index is -3.07. The van der Waals surface area contributed by atoms with Crippen LogP contribution >= 0.6 is 24.6 Å². The van der Waals surface area contributed by atoms with Crippen molar-refractivity contribution in [2.75, 3.05) is 26.5 Å². The van der Waals surface area contributed by atoms with E-state index in [1.54, 1.807) is 31.7 Å². The van der Waals surface area contributed by atoms with Gasteiger partial charge in [-0.05, 0) is 56.7 Å². The maximum atomic E-state index is 12.5. The van der Waals surface area contributed by atoms with E-state index in [0.717, 1.165) is 17.0 Å². The fourth-order valence-corrected chi connectivity index (χ4v) is 4.17. The molecule has 2 rings (SSSR count). The largest absolute Gasteiger partial charge is 0.497 e. The van der Waals surface area contributed by atoms with Crippen LogP contribution in [0.5, 0.6) is 5.75 Å². The summed E-state index contributed by atoms with van der Waals surface area (Å²) in [5.41, 5.74) is 2.00. The van der Waals surface area contributed by atoms with Gasteiger partial charge in [-0.15, -0.1) is 17.0 Å². The first kappa shape index (κ1) is 23.6. The molecule has 1 aromatic heterocycles. The first-order valence-electron chi connectivity index (χ1n) is 8.66. The maximum Gasteiger partial charge on any atom is 0.330 e. The lowest BCUT2D eigenvalue weighted by atomic mass is 10.1. The van der Waals surface area contributed by atoms with Crippen LogP contribution in [-0.2, 0) is 20.2 Å². The van der Waals surface area contributed by atoms with Gasteiger partial charge in [-0.25, -0.2) is 4.68 Å². The average molecular weight is 460 g/mol. The second-order valence-electron chi connectivity index (χ2n) is 5.58. The summed E-state index contributed by atoms with van der Waals surface area (Å²) >= 11 is 0. The number of ether oxygens (including phenoxy) is 1. The quantitative estimate of drug-likeness (QED) is 0.536. The molecule has 1 N–H and O–H groups in total. The summed E-state index contributed by atoms with van der Waals surface area (Å²) in [5.74, 6) is 0.779. The fourth-order valence-electron chi connectivity index (χ4n) is 2.52. The highest BCUT2D eigenvalue weighted by molar-refractivity contribution is 8.93. The molecule has 9 heteroatoms. The molecule has 0 atom stereocenters. The number of benzene rings is 1. The van der Waals surface area contributed by atoms with Crippen molar-refractivity contribution in [2.24, 2.45) is 0 Å². The van der Waals surface area contributed by atoms with E-state index in [0.29, 0.717) is 37.8 Å². The highest BCUT2D eigenvalue weighted by Gasteiger charge is 2.22. The van der Waals surface area contributed by atoms with E-state index in [9.17, 15) is 4.57 Å². The smallest absolute Gasteiger partial charge is 0.330 e. The highest BCUT2D eigenvalue weighted by Crippen LogP contribution is 2.48. The van der Waals surface area contributed by atoms with Crippen LogP contribution in [0.4, 0.5) is 0 Å². The Hall–Kier alpha value is -1.47. The predicted molar refractivity (Wildman–Crippen MR) is 111 cm³/mol. The van der Waals surface area contributed by atoms with Gasteiger partial charge in [0.1, 0.15) is 11.2 Å². The van der Waals surface area contributed by atoms with Gasteiger partial charge in [-0.2, -0.15) is 5.10 Å². The van der Waals surface area contributed by atoms with E-state index in [1.807, 2.05) is 30.3 Å². The monoisotopic (exact) mass is 459 g/mol. The van der Waals surface area contributed by atoms with Crippen LogP contribution in [0, 0.1) is 5.41 Å². The molecule has 0 fully saturated rings. The number of aromatic nitrogens is 2. The van der Waals surface area contributed by atoms with Crippen LogP contribution in [0.15, 0.2) is 36.4 Å². The third-order valence-electron chi connectivity index (χ3n) is 3.74. The number of nitrogens with zero attached hydrogens (tertiary/aromatic N) is 2. The molecule has 27 heavy (non-hydrogen) atoms. The molecule has 1 aromatic carbocycles. The van der Waals surface area contributed by atoms with Crippen molar-refractivity contribution in [1.29, 1.82) is 5.41 Å². The standard InChI is InChI=1S/C18H26N3O4P.BrH/c1-4-24-26(22,25-5-2)14-6-13-21-18(19)12-11-17(20-21)15-7-9-16(23-3)10-8-15;/h7-12,19H,4-6,13-14H2,1-3H3;1H. The third kappa shape index (κ3) is 6.88. The van der Waals surface area contributed by atoms with Gasteiger partial charge >= 0.3 is 7.60 Å². The van der Waals surface area contributed by atoms with Crippen molar-refractivity contribution in [1.82, 2.24) is 9.78 Å². The SMILES string of the molecule is Br.CCOP(=O)(CCCn1nc(-c2ccc(OC)cc2)ccc1=N)OCC. The molecule has 0 amide bonds. The third-order valence-corrected chi connectivity index (χ3v) is 5.91. The van der Waals surface area contributed by atoms with Crippen LogP contribution in [0.3, 0.4) is 0 Å². The number of hydrogen-bond acceptors (Lipinski definition) is 6. The van der Waals surface area contributed by atoms with E-state index < -0.39 is 7.60 Å². The van der Waals surface area contributed by atoms with Gasteiger partial charge in [-0.3, -0.25) is 9.97 Å². The predicted octanol–water partition coefficient (Wildman–Crippen LogP) is 4.27. The van der Waals surface area contributed by atoms with Crippen molar-refractivity contribution in [2.45, 2.75) is 26.8 Å². The van der Waals surface area contributed by atoms with Crippen LogP contribution < -0.4 is 10.2 Å². The number of rotatable bonds is 10. The number of nitrogens with one attached hydrogen (secondary N) is 1. The summed E-state index contributed by atoms with van der Waals surface area (Å²) in [4.78, 5) is 0. The average Bonchev–Trinajstić information content (AvgIpc) is 2.64. The normalized spacial score (nSPS) is 11.1. The van der Waals surface area contributed by atoms with E-state index in [2.05, 4.69) is 5.10 Å². The van der Waals surface area contributed by atoms with E-state index in [1.165, 1.54) is 0 Å². The van der Waals surface area contributed by atoms with E-state index in [4.69, 9.17) is 19.2 Å². The molecule has 0 radical (unpaired) electrons. The molecule has 150 valence electrons. The van der Waals surface area contributed by atoms with Gasteiger partial charge in [0.05, 0.1) is 32.2 Å². The number of hydrogen-bond donors (Lipinski definition) is 1.